The molecular weight excluding hydrogens is 476 g/mol. The molecule has 0 aliphatic carbocycles. The lowest BCUT2D eigenvalue weighted by molar-refractivity contribution is -0.116. The van der Waals surface area contributed by atoms with Gasteiger partial charge in [-0.15, -0.1) is 0 Å². The summed E-state index contributed by atoms with van der Waals surface area (Å²) >= 11 is 3.33. The van der Waals surface area contributed by atoms with Gasteiger partial charge in [0.1, 0.15) is 0 Å². The van der Waals surface area contributed by atoms with Crippen molar-refractivity contribution >= 4 is 37.5 Å². The van der Waals surface area contributed by atoms with Crippen LogP contribution in [-0.2, 0) is 21.4 Å². The molecule has 3 aromatic carbocycles. The average Bonchev–Trinajstić information content (AvgIpc) is 2.72. The summed E-state index contributed by atoms with van der Waals surface area (Å²) in [6.07, 6.45) is 0. The highest BCUT2D eigenvalue weighted by atomic mass is 79.9. The number of halogens is 1. The van der Waals surface area contributed by atoms with E-state index in [2.05, 4.69) is 21.2 Å². The smallest absolute Gasteiger partial charge is 0.243 e. The summed E-state index contributed by atoms with van der Waals surface area (Å²) in [6.45, 7) is 5.59. The molecule has 0 fully saturated rings. The second kappa shape index (κ2) is 9.77. The standard InChI is InChI=1S/C24H25BrN2O3S/c1-17-7-9-20(10-8-17)15-27(31(29,30)22-13-11-21(25)12-14-22)16-23(28)26-24-18(2)5-4-6-19(24)3/h4-14H,15-16H2,1-3H3,(H,26,28). The second-order valence-electron chi connectivity index (χ2n) is 7.53. The maximum atomic E-state index is 13.4. The lowest BCUT2D eigenvalue weighted by Crippen LogP contribution is -2.37. The van der Waals surface area contributed by atoms with Crippen LogP contribution in [0.4, 0.5) is 5.69 Å². The predicted molar refractivity (Wildman–Crippen MR) is 127 cm³/mol. The van der Waals surface area contributed by atoms with Gasteiger partial charge in [-0.2, -0.15) is 4.31 Å². The van der Waals surface area contributed by atoms with Crippen molar-refractivity contribution in [3.8, 4) is 0 Å². The molecule has 31 heavy (non-hydrogen) atoms. The highest BCUT2D eigenvalue weighted by molar-refractivity contribution is 9.10. The number of anilines is 1. The minimum absolute atomic E-state index is 0.0961. The summed E-state index contributed by atoms with van der Waals surface area (Å²) in [6, 6.07) is 19.8. The third-order valence-corrected chi connectivity index (χ3v) is 7.33. The molecule has 3 aromatic rings. The van der Waals surface area contributed by atoms with E-state index in [-0.39, 0.29) is 23.9 Å². The van der Waals surface area contributed by atoms with Crippen LogP contribution in [0.2, 0.25) is 0 Å². The number of hydrogen-bond donors (Lipinski definition) is 1. The van der Waals surface area contributed by atoms with Crippen LogP contribution in [0.15, 0.2) is 76.1 Å². The Morgan fingerprint density at radius 2 is 1.48 bits per heavy atom. The third kappa shape index (κ3) is 5.81. The molecule has 1 N–H and O–H groups in total. The van der Waals surface area contributed by atoms with E-state index >= 15 is 0 Å². The van der Waals surface area contributed by atoms with Crippen molar-refractivity contribution in [2.75, 3.05) is 11.9 Å². The number of nitrogens with zero attached hydrogens (tertiary/aromatic N) is 1. The van der Waals surface area contributed by atoms with Crippen molar-refractivity contribution in [1.82, 2.24) is 4.31 Å². The summed E-state index contributed by atoms with van der Waals surface area (Å²) in [5, 5.41) is 2.88. The second-order valence-corrected chi connectivity index (χ2v) is 10.4. The maximum Gasteiger partial charge on any atom is 0.243 e. The fourth-order valence-corrected chi connectivity index (χ4v) is 4.88. The molecule has 0 spiro atoms. The lowest BCUT2D eigenvalue weighted by Gasteiger charge is -2.23. The largest absolute Gasteiger partial charge is 0.324 e. The first kappa shape index (κ1) is 23.2. The summed E-state index contributed by atoms with van der Waals surface area (Å²) < 4.78 is 28.7. The van der Waals surface area contributed by atoms with Gasteiger partial charge in [0.05, 0.1) is 11.4 Å². The predicted octanol–water partition coefficient (Wildman–Crippen LogP) is 5.20. The molecule has 0 aliphatic rings. The minimum Gasteiger partial charge on any atom is -0.324 e. The number of benzene rings is 3. The zero-order chi connectivity index (χ0) is 22.6. The van der Waals surface area contributed by atoms with E-state index in [1.54, 1.807) is 12.1 Å². The normalized spacial score (nSPS) is 11.5. The van der Waals surface area contributed by atoms with E-state index in [9.17, 15) is 13.2 Å². The van der Waals surface area contributed by atoms with E-state index < -0.39 is 10.0 Å². The number of carbonyl (C=O) groups excluding carboxylic acids is 1. The number of sulfonamides is 1. The number of aryl methyl sites for hydroxylation is 3. The first-order valence-electron chi connectivity index (χ1n) is 9.84. The fourth-order valence-electron chi connectivity index (χ4n) is 3.23. The summed E-state index contributed by atoms with van der Waals surface area (Å²) in [5.41, 5.74) is 4.46. The zero-order valence-electron chi connectivity index (χ0n) is 17.7. The Morgan fingerprint density at radius 1 is 0.903 bits per heavy atom. The first-order valence-corrected chi connectivity index (χ1v) is 12.1. The molecule has 0 aromatic heterocycles. The highest BCUT2D eigenvalue weighted by Gasteiger charge is 2.27. The van der Waals surface area contributed by atoms with Gasteiger partial charge >= 0.3 is 0 Å². The summed E-state index contributed by atoms with van der Waals surface area (Å²) in [5.74, 6) is -0.384. The van der Waals surface area contributed by atoms with Crippen LogP contribution in [0, 0.1) is 20.8 Å². The molecule has 0 unspecified atom stereocenters. The van der Waals surface area contributed by atoms with Gasteiger partial charge < -0.3 is 5.32 Å². The molecule has 5 nitrogen and oxygen atoms in total. The van der Waals surface area contributed by atoms with E-state index in [1.165, 1.54) is 16.4 Å². The number of hydrogen-bond acceptors (Lipinski definition) is 3. The SMILES string of the molecule is Cc1ccc(CN(CC(=O)Nc2c(C)cccc2C)S(=O)(=O)c2ccc(Br)cc2)cc1. The summed E-state index contributed by atoms with van der Waals surface area (Å²) in [7, 11) is -3.88. The van der Waals surface area contributed by atoms with Crippen molar-refractivity contribution in [2.24, 2.45) is 0 Å². The molecule has 162 valence electrons. The van der Waals surface area contributed by atoms with E-state index in [4.69, 9.17) is 0 Å². The molecule has 0 saturated carbocycles. The van der Waals surface area contributed by atoms with Crippen molar-refractivity contribution in [3.05, 3.63) is 93.5 Å². The van der Waals surface area contributed by atoms with Crippen molar-refractivity contribution in [3.63, 3.8) is 0 Å². The minimum atomic E-state index is -3.88. The first-order chi connectivity index (χ1) is 14.7. The van der Waals surface area contributed by atoms with Gasteiger partial charge in [-0.05, 0) is 61.7 Å². The molecule has 0 saturated heterocycles. The van der Waals surface area contributed by atoms with Crippen molar-refractivity contribution in [2.45, 2.75) is 32.2 Å². The Hall–Kier alpha value is -2.48. The van der Waals surface area contributed by atoms with Gasteiger partial charge in [0.25, 0.3) is 0 Å². The van der Waals surface area contributed by atoms with Crippen LogP contribution in [-0.4, -0.2) is 25.2 Å². The molecule has 7 heteroatoms. The Labute approximate surface area is 192 Å². The molecule has 0 bridgehead atoms. The van der Waals surface area contributed by atoms with Crippen LogP contribution in [0.25, 0.3) is 0 Å². The molecule has 0 aliphatic heterocycles. The highest BCUT2D eigenvalue weighted by Crippen LogP contribution is 2.23. The Morgan fingerprint density at radius 3 is 2.06 bits per heavy atom. The van der Waals surface area contributed by atoms with Gasteiger partial charge in [0.15, 0.2) is 0 Å². The molecule has 3 rings (SSSR count). The van der Waals surface area contributed by atoms with Gasteiger partial charge in [-0.25, -0.2) is 8.42 Å². The number of para-hydroxylation sites is 1. The molecule has 0 radical (unpaired) electrons. The van der Waals surface area contributed by atoms with Crippen LogP contribution in [0.1, 0.15) is 22.3 Å². The Bertz CT molecular complexity index is 1150. The quantitative estimate of drug-likeness (QED) is 0.484. The lowest BCUT2D eigenvalue weighted by atomic mass is 10.1. The van der Waals surface area contributed by atoms with Crippen LogP contribution >= 0.6 is 15.9 Å². The van der Waals surface area contributed by atoms with Crippen molar-refractivity contribution in [1.29, 1.82) is 0 Å². The molecule has 1 amide bonds. The Kier molecular flexibility index (Phi) is 7.30. The molecule has 0 heterocycles. The van der Waals surface area contributed by atoms with Gasteiger partial charge in [-0.3, -0.25) is 4.79 Å². The third-order valence-electron chi connectivity index (χ3n) is 5.00. The number of carbonyl (C=O) groups is 1. The Balaban J connectivity index is 1.90. The van der Waals surface area contributed by atoms with E-state index in [0.717, 1.165) is 26.7 Å². The van der Waals surface area contributed by atoms with E-state index in [0.29, 0.717) is 5.69 Å². The molecule has 0 atom stereocenters. The van der Waals surface area contributed by atoms with E-state index in [1.807, 2.05) is 63.2 Å². The number of rotatable bonds is 7. The molecular formula is C24H25BrN2O3S. The van der Waals surface area contributed by atoms with Crippen LogP contribution < -0.4 is 5.32 Å². The van der Waals surface area contributed by atoms with Crippen LogP contribution in [0.5, 0.6) is 0 Å². The monoisotopic (exact) mass is 500 g/mol. The van der Waals surface area contributed by atoms with Crippen LogP contribution in [0.3, 0.4) is 0 Å². The maximum absolute atomic E-state index is 13.4. The summed E-state index contributed by atoms with van der Waals surface area (Å²) in [4.78, 5) is 13.0. The topological polar surface area (TPSA) is 66.5 Å². The zero-order valence-corrected chi connectivity index (χ0v) is 20.1. The van der Waals surface area contributed by atoms with Gasteiger partial charge in [0.2, 0.25) is 15.9 Å². The average molecular weight is 501 g/mol. The number of amides is 1. The fraction of sp³-hybridized carbons (Fsp3) is 0.208. The van der Waals surface area contributed by atoms with Gasteiger partial charge in [0, 0.05) is 16.7 Å². The van der Waals surface area contributed by atoms with Crippen molar-refractivity contribution < 1.29 is 13.2 Å². The van der Waals surface area contributed by atoms with Gasteiger partial charge in [-0.1, -0.05) is 64.0 Å². The number of nitrogens with one attached hydrogen (secondary N) is 1.